The zero-order valence-electron chi connectivity index (χ0n) is 12.4. The molecule has 2 aromatic heterocycles. The van der Waals surface area contributed by atoms with Crippen LogP contribution in [0.2, 0.25) is 0 Å². The van der Waals surface area contributed by atoms with Crippen LogP contribution in [-0.4, -0.2) is 65.7 Å². The molecule has 12 nitrogen and oxygen atoms in total. The highest BCUT2D eigenvalue weighted by molar-refractivity contribution is 5.87. The number of imidazole rings is 1. The maximum atomic E-state index is 12.2. The lowest BCUT2D eigenvalue weighted by atomic mass is 10.1. The van der Waals surface area contributed by atoms with Crippen LogP contribution in [0.25, 0.3) is 11.2 Å². The lowest BCUT2D eigenvalue weighted by molar-refractivity contribution is -0.114. The summed E-state index contributed by atoms with van der Waals surface area (Å²) < 4.78 is 6.13. The minimum atomic E-state index is -1.52. The van der Waals surface area contributed by atoms with Gasteiger partial charge in [0.1, 0.15) is 18.3 Å². The van der Waals surface area contributed by atoms with Gasteiger partial charge in [0.15, 0.2) is 17.4 Å². The second-order valence-electron chi connectivity index (χ2n) is 5.32. The van der Waals surface area contributed by atoms with Crippen molar-refractivity contribution in [3.8, 4) is 0 Å². The van der Waals surface area contributed by atoms with E-state index in [1.54, 1.807) is 0 Å². The van der Waals surface area contributed by atoms with Crippen molar-refractivity contribution in [3.05, 3.63) is 20.8 Å². The molecule has 1 amide bonds. The van der Waals surface area contributed by atoms with Crippen LogP contribution >= 0.6 is 0 Å². The number of H-pyrrole nitrogens is 2. The Morgan fingerprint density at radius 3 is 2.62 bits per heavy atom. The SMILES string of the molecule is CC(=O)Nc1nc2c([nH]c(=O)n2[C@@H]2O[C@H](CO)[C@@H](O)[C@H]2O)c(=O)[nH]1. The van der Waals surface area contributed by atoms with Crippen molar-refractivity contribution in [2.75, 3.05) is 11.9 Å². The highest BCUT2D eigenvalue weighted by atomic mass is 16.6. The summed E-state index contributed by atoms with van der Waals surface area (Å²) in [5.74, 6) is -0.686. The van der Waals surface area contributed by atoms with E-state index < -0.39 is 48.3 Å². The van der Waals surface area contributed by atoms with E-state index in [0.717, 1.165) is 4.57 Å². The van der Waals surface area contributed by atoms with Crippen molar-refractivity contribution in [2.24, 2.45) is 0 Å². The molecule has 1 aliphatic heterocycles. The molecule has 0 aromatic carbocycles. The number of hydrogen-bond acceptors (Lipinski definition) is 8. The molecule has 0 saturated carbocycles. The summed E-state index contributed by atoms with van der Waals surface area (Å²) in [5, 5.41) is 31.3. The second-order valence-corrected chi connectivity index (χ2v) is 5.32. The maximum Gasteiger partial charge on any atom is 0.330 e. The molecular weight excluding hydrogens is 326 g/mol. The molecule has 3 heterocycles. The van der Waals surface area contributed by atoms with Crippen molar-refractivity contribution in [2.45, 2.75) is 31.5 Å². The minimum absolute atomic E-state index is 0.178. The van der Waals surface area contributed by atoms with Gasteiger partial charge in [0.2, 0.25) is 11.9 Å². The number of carbonyl (C=O) groups excluding carboxylic acids is 1. The number of aliphatic hydroxyl groups is 3. The van der Waals surface area contributed by atoms with Crippen molar-refractivity contribution in [3.63, 3.8) is 0 Å². The van der Waals surface area contributed by atoms with Gasteiger partial charge in [-0.05, 0) is 0 Å². The molecule has 0 bridgehead atoms. The first-order valence-electron chi connectivity index (χ1n) is 6.98. The van der Waals surface area contributed by atoms with Crippen LogP contribution in [0.3, 0.4) is 0 Å². The third-order valence-electron chi connectivity index (χ3n) is 3.65. The first-order valence-corrected chi connectivity index (χ1v) is 6.98. The molecule has 3 rings (SSSR count). The molecule has 0 radical (unpaired) electrons. The highest BCUT2D eigenvalue weighted by Crippen LogP contribution is 2.29. The molecule has 12 heteroatoms. The van der Waals surface area contributed by atoms with Crippen LogP contribution in [0.15, 0.2) is 9.59 Å². The van der Waals surface area contributed by atoms with E-state index in [0.29, 0.717) is 0 Å². The zero-order valence-corrected chi connectivity index (χ0v) is 12.4. The van der Waals surface area contributed by atoms with Crippen LogP contribution < -0.4 is 16.6 Å². The molecule has 1 fully saturated rings. The van der Waals surface area contributed by atoms with Gasteiger partial charge in [0, 0.05) is 6.92 Å². The first kappa shape index (κ1) is 16.3. The molecular formula is C12H15N5O7. The number of nitrogens with zero attached hydrogens (tertiary/aromatic N) is 2. The molecule has 6 N–H and O–H groups in total. The monoisotopic (exact) mass is 341 g/mol. The number of aromatic nitrogens is 4. The number of nitrogens with one attached hydrogen (secondary N) is 3. The molecule has 24 heavy (non-hydrogen) atoms. The molecule has 0 spiro atoms. The fraction of sp³-hybridized carbons (Fsp3) is 0.500. The van der Waals surface area contributed by atoms with Crippen molar-refractivity contribution in [1.82, 2.24) is 19.5 Å². The van der Waals surface area contributed by atoms with Gasteiger partial charge in [0.25, 0.3) is 5.56 Å². The molecule has 0 aliphatic carbocycles. The van der Waals surface area contributed by atoms with E-state index in [-0.39, 0.29) is 17.1 Å². The Balaban J connectivity index is 2.16. The van der Waals surface area contributed by atoms with E-state index in [2.05, 4.69) is 20.3 Å². The summed E-state index contributed by atoms with van der Waals surface area (Å²) in [6, 6.07) is 0. The molecule has 2 aromatic rings. The van der Waals surface area contributed by atoms with Crippen LogP contribution in [0, 0.1) is 0 Å². The van der Waals surface area contributed by atoms with Crippen molar-refractivity contribution in [1.29, 1.82) is 0 Å². The standard InChI is InChI=1S/C12H15N5O7/c1-3(19)13-11-15-8-5(9(22)16-11)14-12(23)17(8)10-7(21)6(20)4(2-18)24-10/h4,6-7,10,18,20-21H,2H2,1H3,(H,14,23)(H2,13,15,16,19,22)/t4-,6-,7-,10-/m1/s1. The third kappa shape index (κ3) is 2.50. The molecule has 130 valence electrons. The molecule has 4 atom stereocenters. The molecule has 1 aliphatic rings. The van der Waals surface area contributed by atoms with Gasteiger partial charge in [-0.1, -0.05) is 0 Å². The number of anilines is 1. The van der Waals surface area contributed by atoms with Crippen LogP contribution in [-0.2, 0) is 9.53 Å². The number of hydrogen-bond donors (Lipinski definition) is 6. The van der Waals surface area contributed by atoms with Crippen molar-refractivity contribution >= 4 is 23.0 Å². The van der Waals surface area contributed by atoms with E-state index >= 15 is 0 Å². The van der Waals surface area contributed by atoms with E-state index in [4.69, 9.17) is 9.84 Å². The van der Waals surface area contributed by atoms with Gasteiger partial charge in [-0.15, -0.1) is 0 Å². The summed E-state index contributed by atoms with van der Waals surface area (Å²) in [5.41, 5.74) is -1.89. The number of aliphatic hydroxyl groups excluding tert-OH is 3. The van der Waals surface area contributed by atoms with Gasteiger partial charge < -0.3 is 20.1 Å². The van der Waals surface area contributed by atoms with E-state index in [1.807, 2.05) is 0 Å². The average Bonchev–Trinajstić information content (AvgIpc) is 2.97. The number of fused-ring (bicyclic) bond motifs is 1. The van der Waals surface area contributed by atoms with Crippen molar-refractivity contribution < 1.29 is 24.9 Å². The highest BCUT2D eigenvalue weighted by Gasteiger charge is 2.44. The average molecular weight is 341 g/mol. The normalized spacial score (nSPS) is 26.8. The predicted octanol–water partition coefficient (Wildman–Crippen LogP) is -3.02. The molecule has 1 saturated heterocycles. The fourth-order valence-electron chi connectivity index (χ4n) is 2.57. The quantitative estimate of drug-likeness (QED) is 0.341. The second kappa shape index (κ2) is 5.83. The Bertz CT molecular complexity index is 899. The number of amides is 1. The number of ether oxygens (including phenoxy) is 1. The smallest absolute Gasteiger partial charge is 0.330 e. The molecule has 0 unspecified atom stereocenters. The topological polar surface area (TPSA) is 183 Å². The van der Waals surface area contributed by atoms with Gasteiger partial charge in [-0.2, -0.15) is 4.98 Å². The fourth-order valence-corrected chi connectivity index (χ4v) is 2.57. The van der Waals surface area contributed by atoms with Gasteiger partial charge >= 0.3 is 5.69 Å². The zero-order chi connectivity index (χ0) is 17.6. The predicted molar refractivity (Wildman–Crippen MR) is 78.3 cm³/mol. The summed E-state index contributed by atoms with van der Waals surface area (Å²) >= 11 is 0. The van der Waals surface area contributed by atoms with Crippen LogP contribution in [0.5, 0.6) is 0 Å². The van der Waals surface area contributed by atoms with Gasteiger partial charge in [-0.25, -0.2) is 9.36 Å². The lowest BCUT2D eigenvalue weighted by Crippen LogP contribution is -2.35. The summed E-state index contributed by atoms with van der Waals surface area (Å²) in [6.07, 6.45) is -5.41. The van der Waals surface area contributed by atoms with Gasteiger partial charge in [0.05, 0.1) is 6.61 Å². The Hall–Kier alpha value is -2.54. The number of rotatable bonds is 3. The summed E-state index contributed by atoms with van der Waals surface area (Å²) in [7, 11) is 0. The van der Waals surface area contributed by atoms with Gasteiger partial charge in [-0.3, -0.25) is 24.9 Å². The van der Waals surface area contributed by atoms with Crippen LogP contribution in [0.1, 0.15) is 13.2 Å². The van der Waals surface area contributed by atoms with Crippen LogP contribution in [0.4, 0.5) is 5.95 Å². The Morgan fingerprint density at radius 2 is 2.04 bits per heavy atom. The number of carbonyl (C=O) groups is 1. The maximum absolute atomic E-state index is 12.2. The minimum Gasteiger partial charge on any atom is -0.394 e. The van der Waals surface area contributed by atoms with E-state index in [9.17, 15) is 24.6 Å². The number of aromatic amines is 2. The lowest BCUT2D eigenvalue weighted by Gasteiger charge is -2.15. The Labute approximate surface area is 132 Å². The Morgan fingerprint density at radius 1 is 1.33 bits per heavy atom. The summed E-state index contributed by atoms with van der Waals surface area (Å²) in [6.45, 7) is 0.636. The Kier molecular flexibility index (Phi) is 3.96. The summed E-state index contributed by atoms with van der Waals surface area (Å²) in [4.78, 5) is 43.8. The van der Waals surface area contributed by atoms with E-state index in [1.165, 1.54) is 6.92 Å². The largest absolute Gasteiger partial charge is 0.394 e. The first-order chi connectivity index (χ1) is 11.3. The third-order valence-corrected chi connectivity index (χ3v) is 3.65.